The van der Waals surface area contributed by atoms with Crippen LogP contribution in [0.25, 0.3) is 0 Å². The molecule has 0 spiro atoms. The van der Waals surface area contributed by atoms with Crippen LogP contribution in [0.1, 0.15) is 11.7 Å². The largest absolute Gasteiger partial charge is 0.496 e. The van der Waals surface area contributed by atoms with Gasteiger partial charge >= 0.3 is 0 Å². The van der Waals surface area contributed by atoms with E-state index in [0.29, 0.717) is 0 Å². The van der Waals surface area contributed by atoms with Gasteiger partial charge in [0.05, 0.1) is 17.7 Å². The predicted octanol–water partition coefficient (Wildman–Crippen LogP) is 1.80. The lowest BCUT2D eigenvalue weighted by Gasteiger charge is -2.08. The SMILES string of the molecule is COc1ccc(C(N)N)cc1Br.Cl. The van der Waals surface area contributed by atoms with Gasteiger partial charge in [0.2, 0.25) is 0 Å². The molecule has 0 aliphatic heterocycles. The van der Waals surface area contributed by atoms with E-state index in [4.69, 9.17) is 16.2 Å². The van der Waals surface area contributed by atoms with Crippen LogP contribution in [0.4, 0.5) is 0 Å². The van der Waals surface area contributed by atoms with Crippen LogP contribution in [0.3, 0.4) is 0 Å². The lowest BCUT2D eigenvalue weighted by Crippen LogP contribution is -2.19. The molecule has 0 aliphatic carbocycles. The Labute approximate surface area is 92.0 Å². The van der Waals surface area contributed by atoms with E-state index in [1.807, 2.05) is 18.2 Å². The number of nitrogens with two attached hydrogens (primary N) is 2. The smallest absolute Gasteiger partial charge is 0.133 e. The molecule has 1 rings (SSSR count). The molecule has 0 aliphatic rings. The minimum absolute atomic E-state index is 0. The highest BCUT2D eigenvalue weighted by Gasteiger charge is 2.03. The zero-order chi connectivity index (χ0) is 9.14. The summed E-state index contributed by atoms with van der Waals surface area (Å²) >= 11 is 3.34. The van der Waals surface area contributed by atoms with Gasteiger partial charge in [-0.1, -0.05) is 6.07 Å². The molecule has 0 amide bonds. The lowest BCUT2D eigenvalue weighted by molar-refractivity contribution is 0.412. The molecule has 0 aromatic heterocycles. The summed E-state index contributed by atoms with van der Waals surface area (Å²) in [6, 6.07) is 5.52. The highest BCUT2D eigenvalue weighted by molar-refractivity contribution is 9.10. The van der Waals surface area contributed by atoms with Gasteiger partial charge < -0.3 is 16.2 Å². The molecular formula is C8H12BrClN2O. The van der Waals surface area contributed by atoms with Crippen LogP contribution in [0.15, 0.2) is 22.7 Å². The molecule has 1 aromatic rings. The number of hydrogen-bond acceptors (Lipinski definition) is 3. The molecular weight excluding hydrogens is 255 g/mol. The van der Waals surface area contributed by atoms with Gasteiger partial charge in [0.15, 0.2) is 0 Å². The number of rotatable bonds is 2. The van der Waals surface area contributed by atoms with Gasteiger partial charge in [0.25, 0.3) is 0 Å². The van der Waals surface area contributed by atoms with Crippen molar-refractivity contribution in [1.29, 1.82) is 0 Å². The van der Waals surface area contributed by atoms with Gasteiger partial charge in [-0.2, -0.15) is 0 Å². The lowest BCUT2D eigenvalue weighted by atomic mass is 10.2. The second kappa shape index (κ2) is 5.44. The van der Waals surface area contributed by atoms with Gasteiger partial charge in [-0.3, -0.25) is 0 Å². The molecule has 74 valence electrons. The van der Waals surface area contributed by atoms with Crippen molar-refractivity contribution in [3.8, 4) is 5.75 Å². The summed E-state index contributed by atoms with van der Waals surface area (Å²) in [5.74, 6) is 0.777. The molecule has 4 N–H and O–H groups in total. The minimum Gasteiger partial charge on any atom is -0.496 e. The van der Waals surface area contributed by atoms with E-state index >= 15 is 0 Å². The first-order valence-electron chi connectivity index (χ1n) is 3.49. The second-order valence-electron chi connectivity index (χ2n) is 2.42. The number of halogens is 2. The van der Waals surface area contributed by atoms with E-state index in [-0.39, 0.29) is 12.4 Å². The fourth-order valence-electron chi connectivity index (χ4n) is 0.890. The Hall–Kier alpha value is -0.290. The normalized spacial score (nSPS) is 9.62. The van der Waals surface area contributed by atoms with Gasteiger partial charge in [-0.05, 0) is 33.6 Å². The Morgan fingerprint density at radius 3 is 2.38 bits per heavy atom. The van der Waals surface area contributed by atoms with Gasteiger partial charge in [0.1, 0.15) is 5.75 Å². The summed E-state index contributed by atoms with van der Waals surface area (Å²) in [5, 5.41) is 0. The summed E-state index contributed by atoms with van der Waals surface area (Å²) in [4.78, 5) is 0. The fraction of sp³-hybridized carbons (Fsp3) is 0.250. The molecule has 0 heterocycles. The van der Waals surface area contributed by atoms with E-state index in [0.717, 1.165) is 15.8 Å². The molecule has 0 saturated heterocycles. The Kier molecular flexibility index (Phi) is 5.32. The Bertz CT molecular complexity index is 281. The maximum atomic E-state index is 5.49. The first-order valence-corrected chi connectivity index (χ1v) is 4.29. The summed E-state index contributed by atoms with van der Waals surface area (Å²) in [5.41, 5.74) is 11.9. The van der Waals surface area contributed by atoms with E-state index < -0.39 is 6.17 Å². The first-order chi connectivity index (χ1) is 5.65. The molecule has 1 aromatic carbocycles. The summed E-state index contributed by atoms with van der Waals surface area (Å²) in [7, 11) is 1.61. The zero-order valence-corrected chi connectivity index (χ0v) is 9.56. The van der Waals surface area contributed by atoms with Gasteiger partial charge in [-0.15, -0.1) is 12.4 Å². The average molecular weight is 268 g/mol. The van der Waals surface area contributed by atoms with E-state index in [1.165, 1.54) is 0 Å². The molecule has 13 heavy (non-hydrogen) atoms. The van der Waals surface area contributed by atoms with E-state index in [2.05, 4.69) is 15.9 Å². The molecule has 0 fully saturated rings. The average Bonchev–Trinajstić information content (AvgIpc) is 2.04. The van der Waals surface area contributed by atoms with Crippen LogP contribution < -0.4 is 16.2 Å². The van der Waals surface area contributed by atoms with Gasteiger partial charge in [-0.25, -0.2) is 0 Å². The molecule has 0 atom stereocenters. The van der Waals surface area contributed by atoms with E-state index in [9.17, 15) is 0 Å². The molecule has 0 saturated carbocycles. The fourth-order valence-corrected chi connectivity index (χ4v) is 1.45. The van der Waals surface area contributed by atoms with Crippen molar-refractivity contribution in [2.75, 3.05) is 7.11 Å². The Balaban J connectivity index is 0.00000144. The maximum Gasteiger partial charge on any atom is 0.133 e. The summed E-state index contributed by atoms with van der Waals surface area (Å²) in [6.07, 6.45) is -0.438. The minimum atomic E-state index is -0.438. The zero-order valence-electron chi connectivity index (χ0n) is 7.16. The van der Waals surface area contributed by atoms with Crippen LogP contribution >= 0.6 is 28.3 Å². The number of ether oxygens (including phenoxy) is 1. The standard InChI is InChI=1S/C8H11BrN2O.ClH/c1-12-7-3-2-5(8(10)11)4-6(7)9;/h2-4,8H,10-11H2,1H3;1H. The third-order valence-electron chi connectivity index (χ3n) is 1.56. The topological polar surface area (TPSA) is 61.3 Å². The van der Waals surface area contributed by atoms with Gasteiger partial charge in [0, 0.05) is 0 Å². The Morgan fingerprint density at radius 2 is 2.00 bits per heavy atom. The number of benzene rings is 1. The monoisotopic (exact) mass is 266 g/mol. The van der Waals surface area contributed by atoms with Crippen molar-refractivity contribution in [2.45, 2.75) is 6.17 Å². The van der Waals surface area contributed by atoms with Crippen LogP contribution in [0.2, 0.25) is 0 Å². The number of methoxy groups -OCH3 is 1. The molecule has 5 heteroatoms. The van der Waals surface area contributed by atoms with Crippen LogP contribution in [0, 0.1) is 0 Å². The highest BCUT2D eigenvalue weighted by Crippen LogP contribution is 2.26. The van der Waals surface area contributed by atoms with Crippen molar-refractivity contribution in [3.05, 3.63) is 28.2 Å². The van der Waals surface area contributed by atoms with Crippen molar-refractivity contribution >= 4 is 28.3 Å². The summed E-state index contributed by atoms with van der Waals surface area (Å²) in [6.45, 7) is 0. The van der Waals surface area contributed by atoms with Crippen molar-refractivity contribution in [1.82, 2.24) is 0 Å². The molecule has 3 nitrogen and oxygen atoms in total. The number of hydrogen-bond donors (Lipinski definition) is 2. The van der Waals surface area contributed by atoms with Crippen molar-refractivity contribution in [2.24, 2.45) is 11.5 Å². The molecule has 0 radical (unpaired) electrons. The third-order valence-corrected chi connectivity index (χ3v) is 2.18. The quantitative estimate of drug-likeness (QED) is 0.803. The Morgan fingerprint density at radius 1 is 1.38 bits per heavy atom. The van der Waals surface area contributed by atoms with E-state index in [1.54, 1.807) is 7.11 Å². The maximum absolute atomic E-state index is 5.49. The first kappa shape index (κ1) is 12.7. The molecule has 0 bridgehead atoms. The van der Waals surface area contributed by atoms with Crippen LogP contribution in [-0.4, -0.2) is 7.11 Å². The predicted molar refractivity (Wildman–Crippen MR) is 59.1 cm³/mol. The van der Waals surface area contributed by atoms with Crippen LogP contribution in [-0.2, 0) is 0 Å². The second-order valence-corrected chi connectivity index (χ2v) is 3.27. The third kappa shape index (κ3) is 3.15. The van der Waals surface area contributed by atoms with Crippen molar-refractivity contribution < 1.29 is 4.74 Å². The summed E-state index contributed by atoms with van der Waals surface area (Å²) < 4.78 is 5.92. The molecule has 0 unspecified atom stereocenters. The van der Waals surface area contributed by atoms with Crippen LogP contribution in [0.5, 0.6) is 5.75 Å². The van der Waals surface area contributed by atoms with Crippen molar-refractivity contribution in [3.63, 3.8) is 0 Å². The highest BCUT2D eigenvalue weighted by atomic mass is 79.9.